The highest BCUT2D eigenvalue weighted by Gasteiger charge is 2.20. The molecule has 2 nitrogen and oxygen atoms in total. The third kappa shape index (κ3) is 2.48. The Hall–Kier alpha value is -1.20. The van der Waals surface area contributed by atoms with E-state index in [4.69, 9.17) is 16.9 Å². The zero-order valence-corrected chi connectivity index (χ0v) is 10.1. The molecule has 3 heteroatoms. The molecule has 0 bridgehead atoms. The molecule has 1 aliphatic carbocycles. The number of nitriles is 1. The van der Waals surface area contributed by atoms with E-state index < -0.39 is 0 Å². The molecule has 1 N–H and O–H groups in total. The minimum Gasteiger partial charge on any atom is -0.382 e. The van der Waals surface area contributed by atoms with Gasteiger partial charge in [-0.1, -0.05) is 18.5 Å². The van der Waals surface area contributed by atoms with Crippen LogP contribution in [0.3, 0.4) is 0 Å². The second-order valence-electron chi connectivity index (χ2n) is 4.57. The van der Waals surface area contributed by atoms with Gasteiger partial charge in [0.2, 0.25) is 0 Å². The van der Waals surface area contributed by atoms with Gasteiger partial charge >= 0.3 is 0 Å². The Morgan fingerprint density at radius 3 is 2.81 bits per heavy atom. The first-order chi connectivity index (χ1) is 7.69. The third-order valence-electron chi connectivity index (χ3n) is 3.16. The maximum absolute atomic E-state index is 8.77. The average Bonchev–Trinajstić information content (AvgIpc) is 2.64. The molecule has 1 saturated carbocycles. The summed E-state index contributed by atoms with van der Waals surface area (Å²) in [5, 5.41) is 12.8. The molecule has 2 rings (SSSR count). The maximum atomic E-state index is 8.77. The Labute approximate surface area is 101 Å². The molecule has 1 fully saturated rings. The van der Waals surface area contributed by atoms with Crippen molar-refractivity contribution in [2.24, 2.45) is 5.92 Å². The first kappa shape index (κ1) is 11.3. The first-order valence-electron chi connectivity index (χ1n) is 5.65. The summed E-state index contributed by atoms with van der Waals surface area (Å²) < 4.78 is 0. The molecule has 84 valence electrons. The lowest BCUT2D eigenvalue weighted by molar-refractivity contribution is 0.602. The van der Waals surface area contributed by atoms with Gasteiger partial charge in [0.15, 0.2) is 0 Å². The van der Waals surface area contributed by atoms with Crippen LogP contribution in [0.2, 0.25) is 5.02 Å². The van der Waals surface area contributed by atoms with Gasteiger partial charge in [0, 0.05) is 11.7 Å². The lowest BCUT2D eigenvalue weighted by Crippen LogP contribution is -2.15. The SMILES string of the molecule is CC1CCC(Nc2ccc(C#N)c(Cl)c2)C1. The normalized spacial score (nSPS) is 24.1. The van der Waals surface area contributed by atoms with E-state index in [1.54, 1.807) is 6.07 Å². The molecule has 1 aromatic carbocycles. The minimum absolute atomic E-state index is 0.526. The zero-order valence-electron chi connectivity index (χ0n) is 9.33. The number of nitrogens with zero attached hydrogens (tertiary/aromatic N) is 1. The van der Waals surface area contributed by atoms with Crippen LogP contribution in [0.5, 0.6) is 0 Å². The van der Waals surface area contributed by atoms with Crippen LogP contribution in [0.1, 0.15) is 31.7 Å². The first-order valence-corrected chi connectivity index (χ1v) is 6.03. The van der Waals surface area contributed by atoms with Crippen LogP contribution in [0.4, 0.5) is 5.69 Å². The molecule has 0 aliphatic heterocycles. The maximum Gasteiger partial charge on any atom is 0.101 e. The lowest BCUT2D eigenvalue weighted by Gasteiger charge is -2.14. The molecule has 16 heavy (non-hydrogen) atoms. The second-order valence-corrected chi connectivity index (χ2v) is 4.97. The van der Waals surface area contributed by atoms with Gasteiger partial charge in [0.1, 0.15) is 6.07 Å². The van der Waals surface area contributed by atoms with Crippen molar-refractivity contribution in [3.05, 3.63) is 28.8 Å². The van der Waals surface area contributed by atoms with Gasteiger partial charge in [-0.3, -0.25) is 0 Å². The highest BCUT2D eigenvalue weighted by Crippen LogP contribution is 2.28. The van der Waals surface area contributed by atoms with Crippen LogP contribution in [-0.4, -0.2) is 6.04 Å². The second kappa shape index (κ2) is 4.76. The van der Waals surface area contributed by atoms with E-state index in [9.17, 15) is 0 Å². The summed E-state index contributed by atoms with van der Waals surface area (Å²) in [5.41, 5.74) is 1.55. The van der Waals surface area contributed by atoms with Crippen molar-refractivity contribution in [3.63, 3.8) is 0 Å². The smallest absolute Gasteiger partial charge is 0.101 e. The number of nitrogens with one attached hydrogen (secondary N) is 1. The van der Waals surface area contributed by atoms with E-state index >= 15 is 0 Å². The Morgan fingerprint density at radius 2 is 2.25 bits per heavy atom. The van der Waals surface area contributed by atoms with Gasteiger partial charge < -0.3 is 5.32 Å². The van der Waals surface area contributed by atoms with Gasteiger partial charge in [-0.2, -0.15) is 5.26 Å². The van der Waals surface area contributed by atoms with Crippen LogP contribution in [0, 0.1) is 17.2 Å². The molecule has 2 unspecified atom stereocenters. The van der Waals surface area contributed by atoms with Gasteiger partial charge in [-0.15, -0.1) is 0 Å². The summed E-state index contributed by atoms with van der Waals surface area (Å²) in [6, 6.07) is 8.15. The summed E-state index contributed by atoms with van der Waals surface area (Å²) in [4.78, 5) is 0. The van der Waals surface area contributed by atoms with Crippen LogP contribution >= 0.6 is 11.6 Å². The van der Waals surface area contributed by atoms with E-state index in [2.05, 4.69) is 18.3 Å². The minimum atomic E-state index is 0.526. The molecule has 0 amide bonds. The molecule has 0 radical (unpaired) electrons. The molecule has 0 aromatic heterocycles. The molecule has 0 spiro atoms. The standard InChI is InChI=1S/C13H15ClN2/c1-9-2-4-11(6-9)16-12-5-3-10(8-15)13(14)7-12/h3,5,7,9,11,16H,2,4,6H2,1H3. The molecule has 0 saturated heterocycles. The summed E-state index contributed by atoms with van der Waals surface area (Å²) >= 11 is 5.98. The summed E-state index contributed by atoms with van der Waals surface area (Å²) in [7, 11) is 0. The van der Waals surface area contributed by atoms with Gasteiger partial charge in [-0.05, 0) is 43.4 Å². The number of hydrogen-bond acceptors (Lipinski definition) is 2. The predicted octanol–water partition coefficient (Wildman–Crippen LogP) is 3.81. The van der Waals surface area contributed by atoms with Crippen molar-refractivity contribution >= 4 is 17.3 Å². The van der Waals surface area contributed by atoms with E-state index in [1.807, 2.05) is 12.1 Å². The monoisotopic (exact) mass is 234 g/mol. The van der Waals surface area contributed by atoms with Crippen molar-refractivity contribution in [1.29, 1.82) is 5.26 Å². The van der Waals surface area contributed by atoms with E-state index in [-0.39, 0.29) is 0 Å². The van der Waals surface area contributed by atoms with E-state index in [1.165, 1.54) is 19.3 Å². The molecular formula is C13H15ClN2. The highest BCUT2D eigenvalue weighted by atomic mass is 35.5. The number of rotatable bonds is 2. The van der Waals surface area contributed by atoms with Crippen molar-refractivity contribution in [1.82, 2.24) is 0 Å². The Bertz CT molecular complexity index is 422. The fraction of sp³-hybridized carbons (Fsp3) is 0.462. The van der Waals surface area contributed by atoms with Gasteiger partial charge in [0.05, 0.1) is 10.6 Å². The predicted molar refractivity (Wildman–Crippen MR) is 66.6 cm³/mol. The molecule has 2 atom stereocenters. The Balaban J connectivity index is 2.05. The van der Waals surface area contributed by atoms with Crippen molar-refractivity contribution in [2.45, 2.75) is 32.2 Å². The van der Waals surface area contributed by atoms with Gasteiger partial charge in [-0.25, -0.2) is 0 Å². The number of anilines is 1. The summed E-state index contributed by atoms with van der Waals surface area (Å²) in [5.74, 6) is 0.811. The van der Waals surface area contributed by atoms with Crippen LogP contribution in [0.25, 0.3) is 0 Å². The van der Waals surface area contributed by atoms with Crippen LogP contribution in [-0.2, 0) is 0 Å². The molecule has 1 aromatic rings. The zero-order chi connectivity index (χ0) is 11.5. The van der Waals surface area contributed by atoms with Crippen LogP contribution in [0.15, 0.2) is 18.2 Å². The molecule has 1 aliphatic rings. The van der Waals surface area contributed by atoms with E-state index in [0.717, 1.165) is 11.6 Å². The number of benzene rings is 1. The number of hydrogen-bond donors (Lipinski definition) is 1. The topological polar surface area (TPSA) is 35.8 Å². The van der Waals surface area contributed by atoms with Crippen LogP contribution < -0.4 is 5.32 Å². The highest BCUT2D eigenvalue weighted by molar-refractivity contribution is 6.32. The third-order valence-corrected chi connectivity index (χ3v) is 3.47. The Kier molecular flexibility index (Phi) is 3.36. The lowest BCUT2D eigenvalue weighted by atomic mass is 10.1. The van der Waals surface area contributed by atoms with Crippen molar-refractivity contribution < 1.29 is 0 Å². The van der Waals surface area contributed by atoms with Crippen molar-refractivity contribution in [2.75, 3.05) is 5.32 Å². The van der Waals surface area contributed by atoms with E-state index in [0.29, 0.717) is 16.6 Å². The summed E-state index contributed by atoms with van der Waals surface area (Å²) in [6.45, 7) is 2.29. The number of halogens is 1. The quantitative estimate of drug-likeness (QED) is 0.845. The summed E-state index contributed by atoms with van der Waals surface area (Å²) in [6.07, 6.45) is 3.73. The fourth-order valence-corrected chi connectivity index (χ4v) is 2.49. The van der Waals surface area contributed by atoms with Crippen molar-refractivity contribution in [3.8, 4) is 6.07 Å². The molecular weight excluding hydrogens is 220 g/mol. The largest absolute Gasteiger partial charge is 0.382 e. The Morgan fingerprint density at radius 1 is 1.44 bits per heavy atom. The van der Waals surface area contributed by atoms with Gasteiger partial charge in [0.25, 0.3) is 0 Å². The molecule has 0 heterocycles. The fourth-order valence-electron chi connectivity index (χ4n) is 2.27. The average molecular weight is 235 g/mol.